The van der Waals surface area contributed by atoms with E-state index in [-0.39, 0.29) is 11.4 Å². The van der Waals surface area contributed by atoms with Crippen LogP contribution in [0, 0.1) is 0 Å². The molecule has 6 nitrogen and oxygen atoms in total. The van der Waals surface area contributed by atoms with Gasteiger partial charge in [0.2, 0.25) is 0 Å². The van der Waals surface area contributed by atoms with Gasteiger partial charge in [-0.25, -0.2) is 0 Å². The smallest absolute Gasteiger partial charge is 0.199 e. The molecule has 0 saturated heterocycles. The topological polar surface area (TPSA) is 138 Å². The maximum Gasteiger partial charge on any atom is 0.199 e. The van der Waals surface area contributed by atoms with E-state index in [1.165, 1.54) is 0 Å². The summed E-state index contributed by atoms with van der Waals surface area (Å²) >= 11 is 0. The largest absolute Gasteiger partial charge is 0.394 e. The SMILES string of the molecule is NC1=C(N)C(=O)C(N)C(N)C1=O. The Morgan fingerprint density at radius 3 is 1.33 bits per heavy atom. The van der Waals surface area contributed by atoms with Crippen molar-refractivity contribution in [1.29, 1.82) is 0 Å². The van der Waals surface area contributed by atoms with E-state index in [1.807, 2.05) is 0 Å². The third kappa shape index (κ3) is 0.973. The van der Waals surface area contributed by atoms with Gasteiger partial charge in [0.15, 0.2) is 11.6 Å². The van der Waals surface area contributed by atoms with Crippen LogP contribution in [-0.4, -0.2) is 23.7 Å². The summed E-state index contributed by atoms with van der Waals surface area (Å²) in [5.41, 5.74) is 20.5. The fourth-order valence-corrected chi connectivity index (χ4v) is 0.951. The lowest BCUT2D eigenvalue weighted by molar-refractivity contribution is -0.124. The Morgan fingerprint density at radius 1 is 0.833 bits per heavy atom. The molecule has 0 aromatic heterocycles. The van der Waals surface area contributed by atoms with Crippen LogP contribution in [0.1, 0.15) is 0 Å². The first kappa shape index (κ1) is 8.69. The van der Waals surface area contributed by atoms with E-state index < -0.39 is 23.7 Å². The maximum absolute atomic E-state index is 11.1. The Hall–Kier alpha value is -1.40. The summed E-state index contributed by atoms with van der Waals surface area (Å²) < 4.78 is 0. The highest BCUT2D eigenvalue weighted by Gasteiger charge is 2.36. The molecule has 2 unspecified atom stereocenters. The van der Waals surface area contributed by atoms with Gasteiger partial charge in [0.05, 0.1) is 12.1 Å². The second kappa shape index (κ2) is 2.58. The monoisotopic (exact) mass is 170 g/mol. The summed E-state index contributed by atoms with van der Waals surface area (Å²) in [6.07, 6.45) is 0. The highest BCUT2D eigenvalue weighted by molar-refractivity contribution is 6.15. The van der Waals surface area contributed by atoms with E-state index in [4.69, 9.17) is 22.9 Å². The number of nitrogens with two attached hydrogens (primary N) is 4. The number of ketones is 2. The quantitative estimate of drug-likeness (QED) is 0.304. The second-order valence-corrected chi connectivity index (χ2v) is 2.61. The molecule has 0 aromatic carbocycles. The number of Topliss-reactive ketones (excluding diaryl/α,β-unsaturated/α-hetero) is 2. The first-order valence-electron chi connectivity index (χ1n) is 3.31. The summed E-state index contributed by atoms with van der Waals surface area (Å²) in [4.78, 5) is 22.1. The van der Waals surface area contributed by atoms with Gasteiger partial charge in [0.25, 0.3) is 0 Å². The number of rotatable bonds is 0. The normalized spacial score (nSPS) is 31.2. The average Bonchev–Trinajstić information content (AvgIpc) is 2.08. The number of carbonyl (C=O) groups is 2. The van der Waals surface area contributed by atoms with Gasteiger partial charge in [0.1, 0.15) is 11.4 Å². The Balaban J connectivity index is 3.17. The molecule has 0 heterocycles. The van der Waals surface area contributed by atoms with Crippen molar-refractivity contribution in [2.24, 2.45) is 22.9 Å². The molecule has 0 bridgehead atoms. The van der Waals surface area contributed by atoms with E-state index >= 15 is 0 Å². The molecule has 1 aliphatic carbocycles. The van der Waals surface area contributed by atoms with Gasteiger partial charge in [-0.3, -0.25) is 9.59 Å². The number of hydrogen-bond donors (Lipinski definition) is 4. The van der Waals surface area contributed by atoms with Gasteiger partial charge in [0, 0.05) is 0 Å². The van der Waals surface area contributed by atoms with Crippen molar-refractivity contribution in [1.82, 2.24) is 0 Å². The van der Waals surface area contributed by atoms with Crippen LogP contribution < -0.4 is 22.9 Å². The van der Waals surface area contributed by atoms with Crippen molar-refractivity contribution in [2.75, 3.05) is 0 Å². The molecule has 66 valence electrons. The van der Waals surface area contributed by atoms with Gasteiger partial charge in [-0.15, -0.1) is 0 Å². The van der Waals surface area contributed by atoms with Crippen LogP contribution in [0.25, 0.3) is 0 Å². The Morgan fingerprint density at radius 2 is 1.08 bits per heavy atom. The van der Waals surface area contributed by atoms with E-state index in [0.717, 1.165) is 0 Å². The third-order valence-corrected chi connectivity index (χ3v) is 1.81. The number of hydrogen-bond acceptors (Lipinski definition) is 6. The molecule has 0 radical (unpaired) electrons. The van der Waals surface area contributed by atoms with Crippen LogP contribution >= 0.6 is 0 Å². The average molecular weight is 170 g/mol. The molecule has 0 saturated carbocycles. The van der Waals surface area contributed by atoms with Gasteiger partial charge < -0.3 is 22.9 Å². The van der Waals surface area contributed by atoms with Gasteiger partial charge in [-0.05, 0) is 0 Å². The fraction of sp³-hybridized carbons (Fsp3) is 0.333. The van der Waals surface area contributed by atoms with Gasteiger partial charge in [-0.2, -0.15) is 0 Å². The second-order valence-electron chi connectivity index (χ2n) is 2.61. The summed E-state index contributed by atoms with van der Waals surface area (Å²) in [6, 6.07) is -2.13. The molecular formula is C6H10N4O2. The van der Waals surface area contributed by atoms with Crippen LogP contribution in [0.3, 0.4) is 0 Å². The standard InChI is InChI=1S/C6H10N4O2/c7-1-2(8)6(12)4(10)3(9)5(1)11/h1-2H,7-10H2. The van der Waals surface area contributed by atoms with Gasteiger partial charge in [-0.1, -0.05) is 0 Å². The Kier molecular flexibility index (Phi) is 1.87. The minimum Gasteiger partial charge on any atom is -0.394 e. The predicted molar refractivity (Wildman–Crippen MR) is 41.4 cm³/mol. The van der Waals surface area contributed by atoms with E-state index in [1.54, 1.807) is 0 Å². The van der Waals surface area contributed by atoms with Crippen LogP contribution in [0.5, 0.6) is 0 Å². The molecular weight excluding hydrogens is 160 g/mol. The molecule has 0 fully saturated rings. The fourth-order valence-electron chi connectivity index (χ4n) is 0.951. The first-order valence-corrected chi connectivity index (χ1v) is 3.31. The molecule has 0 spiro atoms. The maximum atomic E-state index is 11.1. The summed E-state index contributed by atoms with van der Waals surface area (Å²) in [6.45, 7) is 0. The van der Waals surface area contributed by atoms with Crippen molar-refractivity contribution in [3.63, 3.8) is 0 Å². The van der Waals surface area contributed by atoms with Crippen molar-refractivity contribution in [3.05, 3.63) is 11.4 Å². The summed E-state index contributed by atoms with van der Waals surface area (Å²) in [5, 5.41) is 0. The molecule has 0 aromatic rings. The van der Waals surface area contributed by atoms with Crippen LogP contribution in [0.2, 0.25) is 0 Å². The molecule has 6 heteroatoms. The molecule has 1 rings (SSSR count). The minimum atomic E-state index is -1.07. The van der Waals surface area contributed by atoms with Crippen LogP contribution in [-0.2, 0) is 9.59 Å². The van der Waals surface area contributed by atoms with Crippen molar-refractivity contribution < 1.29 is 9.59 Å². The molecule has 12 heavy (non-hydrogen) atoms. The van der Waals surface area contributed by atoms with Crippen molar-refractivity contribution in [2.45, 2.75) is 12.1 Å². The zero-order valence-electron chi connectivity index (χ0n) is 6.28. The predicted octanol–water partition coefficient (Wildman–Crippen LogP) is -3.08. The molecule has 0 amide bonds. The van der Waals surface area contributed by atoms with Gasteiger partial charge >= 0.3 is 0 Å². The zero-order valence-corrected chi connectivity index (χ0v) is 6.28. The number of carbonyl (C=O) groups excluding carboxylic acids is 2. The summed E-state index contributed by atoms with van der Waals surface area (Å²) in [5.74, 6) is -1.14. The lowest BCUT2D eigenvalue weighted by atomic mass is 9.91. The third-order valence-electron chi connectivity index (χ3n) is 1.81. The first-order chi connectivity index (χ1) is 5.46. The van der Waals surface area contributed by atoms with Crippen LogP contribution in [0.4, 0.5) is 0 Å². The Labute approximate surface area is 68.6 Å². The zero-order chi connectivity index (χ0) is 9.46. The summed E-state index contributed by atoms with van der Waals surface area (Å²) in [7, 11) is 0. The highest BCUT2D eigenvalue weighted by atomic mass is 16.1. The highest BCUT2D eigenvalue weighted by Crippen LogP contribution is 2.09. The molecule has 1 aliphatic rings. The van der Waals surface area contributed by atoms with Crippen LogP contribution in [0.15, 0.2) is 11.4 Å². The van der Waals surface area contributed by atoms with E-state index in [0.29, 0.717) is 0 Å². The van der Waals surface area contributed by atoms with E-state index in [2.05, 4.69) is 0 Å². The Bertz CT molecular complexity index is 255. The molecule has 2 atom stereocenters. The lowest BCUT2D eigenvalue weighted by Gasteiger charge is -2.23. The van der Waals surface area contributed by atoms with Crippen molar-refractivity contribution in [3.8, 4) is 0 Å². The van der Waals surface area contributed by atoms with E-state index in [9.17, 15) is 9.59 Å². The molecule has 0 aliphatic heterocycles. The van der Waals surface area contributed by atoms with Crippen molar-refractivity contribution >= 4 is 11.6 Å². The lowest BCUT2D eigenvalue weighted by Crippen LogP contribution is -2.58. The minimum absolute atomic E-state index is 0.283. The molecule has 8 N–H and O–H groups in total.